The molecule has 0 aliphatic carbocycles. The zero-order valence-corrected chi connectivity index (χ0v) is 11.4. The molecule has 0 amide bonds. The molecule has 18 heavy (non-hydrogen) atoms. The van der Waals surface area contributed by atoms with Gasteiger partial charge in [-0.1, -0.05) is 0 Å². The highest BCUT2D eigenvalue weighted by molar-refractivity contribution is 5.39. The van der Waals surface area contributed by atoms with Gasteiger partial charge in [-0.25, -0.2) is 4.98 Å². The molecule has 0 aromatic carbocycles. The molecular formula is C12H23N5O. The normalized spacial score (nSPS) is 10.7. The molecule has 0 bridgehead atoms. The third-order valence-corrected chi connectivity index (χ3v) is 2.33. The lowest BCUT2D eigenvalue weighted by Gasteiger charge is -2.10. The summed E-state index contributed by atoms with van der Waals surface area (Å²) in [7, 11) is 5.82. The van der Waals surface area contributed by atoms with Crippen LogP contribution in [0.4, 0.5) is 11.8 Å². The summed E-state index contributed by atoms with van der Waals surface area (Å²) >= 11 is 0. The topological polar surface area (TPSA) is 62.3 Å². The summed E-state index contributed by atoms with van der Waals surface area (Å²) in [6.45, 7) is 3.33. The van der Waals surface area contributed by atoms with E-state index >= 15 is 0 Å². The maximum absolute atomic E-state index is 4.96. The maximum atomic E-state index is 4.96. The molecule has 0 saturated heterocycles. The molecule has 0 atom stereocenters. The van der Waals surface area contributed by atoms with Gasteiger partial charge in [0.05, 0.1) is 6.61 Å². The van der Waals surface area contributed by atoms with E-state index < -0.39 is 0 Å². The quantitative estimate of drug-likeness (QED) is 0.638. The Bertz CT molecular complexity index is 332. The molecular weight excluding hydrogens is 230 g/mol. The molecule has 0 radical (unpaired) electrons. The minimum atomic E-state index is 0.629. The fraction of sp³-hybridized carbons (Fsp3) is 0.667. The van der Waals surface area contributed by atoms with Gasteiger partial charge >= 0.3 is 0 Å². The van der Waals surface area contributed by atoms with Crippen molar-refractivity contribution in [2.24, 2.45) is 0 Å². The molecule has 0 aliphatic rings. The van der Waals surface area contributed by atoms with Gasteiger partial charge in [-0.15, -0.1) is 0 Å². The summed E-state index contributed by atoms with van der Waals surface area (Å²) in [5, 5.41) is 6.38. The van der Waals surface area contributed by atoms with E-state index in [9.17, 15) is 0 Å². The Balaban J connectivity index is 2.30. The fourth-order valence-corrected chi connectivity index (χ4v) is 1.42. The second-order valence-corrected chi connectivity index (χ2v) is 4.27. The zero-order valence-electron chi connectivity index (χ0n) is 11.4. The van der Waals surface area contributed by atoms with E-state index in [0.29, 0.717) is 19.1 Å². The van der Waals surface area contributed by atoms with Gasteiger partial charge in [0, 0.05) is 26.4 Å². The van der Waals surface area contributed by atoms with Crippen molar-refractivity contribution in [1.82, 2.24) is 14.9 Å². The van der Waals surface area contributed by atoms with Gasteiger partial charge in [0.1, 0.15) is 5.82 Å². The number of aromatic nitrogens is 2. The second-order valence-electron chi connectivity index (χ2n) is 4.27. The van der Waals surface area contributed by atoms with Crippen molar-refractivity contribution in [2.45, 2.75) is 6.42 Å². The highest BCUT2D eigenvalue weighted by atomic mass is 16.5. The predicted octanol–water partition coefficient (Wildman–Crippen LogP) is 0.899. The van der Waals surface area contributed by atoms with Gasteiger partial charge in [0.15, 0.2) is 0 Å². The Morgan fingerprint density at radius 3 is 2.83 bits per heavy atom. The van der Waals surface area contributed by atoms with Crippen LogP contribution >= 0.6 is 0 Å². The molecule has 2 N–H and O–H groups in total. The molecule has 1 aromatic heterocycles. The van der Waals surface area contributed by atoms with Crippen LogP contribution in [0.15, 0.2) is 12.3 Å². The Morgan fingerprint density at radius 2 is 2.11 bits per heavy atom. The Kier molecular flexibility index (Phi) is 7.05. The number of anilines is 2. The summed E-state index contributed by atoms with van der Waals surface area (Å²) in [5.74, 6) is 1.48. The SMILES string of the molecule is COCCNc1nccc(NCCCN(C)C)n1. The standard InChI is InChI=1S/C12H23N5O/c1-17(2)9-4-6-13-11-5-7-14-12(16-11)15-8-10-18-3/h5,7H,4,6,8-10H2,1-3H3,(H2,13,14,15,16). The van der Waals surface area contributed by atoms with Crippen molar-refractivity contribution in [3.63, 3.8) is 0 Å². The van der Waals surface area contributed by atoms with Crippen LogP contribution in [0, 0.1) is 0 Å². The van der Waals surface area contributed by atoms with Gasteiger partial charge in [-0.2, -0.15) is 4.98 Å². The highest BCUT2D eigenvalue weighted by Gasteiger charge is 1.98. The zero-order chi connectivity index (χ0) is 13.2. The number of nitrogens with zero attached hydrogens (tertiary/aromatic N) is 3. The molecule has 1 heterocycles. The lowest BCUT2D eigenvalue weighted by atomic mass is 10.4. The van der Waals surface area contributed by atoms with Crippen LogP contribution in [0.1, 0.15) is 6.42 Å². The molecule has 0 spiro atoms. The van der Waals surface area contributed by atoms with Crippen LogP contribution in [0.2, 0.25) is 0 Å². The van der Waals surface area contributed by atoms with Crippen LogP contribution in [0.3, 0.4) is 0 Å². The van der Waals surface area contributed by atoms with Gasteiger partial charge in [0.2, 0.25) is 5.95 Å². The first-order chi connectivity index (χ1) is 8.72. The molecule has 102 valence electrons. The van der Waals surface area contributed by atoms with Crippen molar-refractivity contribution >= 4 is 11.8 Å². The summed E-state index contributed by atoms with van der Waals surface area (Å²) in [5.41, 5.74) is 0. The monoisotopic (exact) mass is 253 g/mol. The maximum Gasteiger partial charge on any atom is 0.224 e. The molecule has 6 heteroatoms. The number of rotatable bonds is 9. The Labute approximate surface area is 109 Å². The largest absolute Gasteiger partial charge is 0.383 e. The summed E-state index contributed by atoms with van der Waals surface area (Å²) in [4.78, 5) is 10.7. The van der Waals surface area contributed by atoms with Crippen molar-refractivity contribution in [2.75, 3.05) is 58.1 Å². The number of methoxy groups -OCH3 is 1. The second kappa shape index (κ2) is 8.66. The van der Waals surface area contributed by atoms with E-state index in [1.54, 1.807) is 13.3 Å². The van der Waals surface area contributed by atoms with E-state index in [0.717, 1.165) is 25.3 Å². The molecule has 0 fully saturated rings. The first-order valence-corrected chi connectivity index (χ1v) is 6.17. The van der Waals surface area contributed by atoms with E-state index in [2.05, 4.69) is 39.6 Å². The molecule has 6 nitrogen and oxygen atoms in total. The average molecular weight is 253 g/mol. The van der Waals surface area contributed by atoms with E-state index in [1.165, 1.54) is 0 Å². The number of nitrogens with one attached hydrogen (secondary N) is 2. The van der Waals surface area contributed by atoms with Crippen LogP contribution in [0.5, 0.6) is 0 Å². The van der Waals surface area contributed by atoms with Gasteiger partial charge in [-0.3, -0.25) is 0 Å². The molecule has 0 aliphatic heterocycles. The third kappa shape index (κ3) is 6.36. The fourth-order valence-electron chi connectivity index (χ4n) is 1.42. The minimum Gasteiger partial charge on any atom is -0.383 e. The van der Waals surface area contributed by atoms with Crippen molar-refractivity contribution < 1.29 is 4.74 Å². The number of hydrogen-bond donors (Lipinski definition) is 2. The Morgan fingerprint density at radius 1 is 1.28 bits per heavy atom. The number of ether oxygens (including phenoxy) is 1. The van der Waals surface area contributed by atoms with Crippen molar-refractivity contribution in [1.29, 1.82) is 0 Å². The van der Waals surface area contributed by atoms with Crippen LogP contribution in [0.25, 0.3) is 0 Å². The lowest BCUT2D eigenvalue weighted by molar-refractivity contribution is 0.210. The third-order valence-electron chi connectivity index (χ3n) is 2.33. The van der Waals surface area contributed by atoms with Crippen LogP contribution in [-0.4, -0.2) is 62.3 Å². The van der Waals surface area contributed by atoms with E-state index in [-0.39, 0.29) is 0 Å². The highest BCUT2D eigenvalue weighted by Crippen LogP contribution is 2.05. The predicted molar refractivity (Wildman–Crippen MR) is 74.1 cm³/mol. The first kappa shape index (κ1) is 14.7. The first-order valence-electron chi connectivity index (χ1n) is 6.17. The van der Waals surface area contributed by atoms with Crippen LogP contribution < -0.4 is 10.6 Å². The minimum absolute atomic E-state index is 0.629. The van der Waals surface area contributed by atoms with Gasteiger partial charge in [0.25, 0.3) is 0 Å². The summed E-state index contributed by atoms with van der Waals surface area (Å²) in [6, 6.07) is 1.87. The molecule has 0 saturated carbocycles. The smallest absolute Gasteiger partial charge is 0.224 e. The van der Waals surface area contributed by atoms with Gasteiger partial charge in [-0.05, 0) is 33.1 Å². The summed E-state index contributed by atoms with van der Waals surface area (Å²) in [6.07, 6.45) is 2.83. The molecule has 1 aromatic rings. The summed E-state index contributed by atoms with van der Waals surface area (Å²) < 4.78 is 4.96. The van der Waals surface area contributed by atoms with E-state index in [4.69, 9.17) is 4.74 Å². The Hall–Kier alpha value is -1.40. The van der Waals surface area contributed by atoms with Crippen molar-refractivity contribution in [3.05, 3.63) is 12.3 Å². The molecule has 0 unspecified atom stereocenters. The molecule has 1 rings (SSSR count). The van der Waals surface area contributed by atoms with E-state index in [1.807, 2.05) is 6.07 Å². The lowest BCUT2D eigenvalue weighted by Crippen LogP contribution is -2.17. The van der Waals surface area contributed by atoms with Crippen molar-refractivity contribution in [3.8, 4) is 0 Å². The van der Waals surface area contributed by atoms with Gasteiger partial charge < -0.3 is 20.3 Å². The van der Waals surface area contributed by atoms with Crippen LogP contribution in [-0.2, 0) is 4.74 Å². The average Bonchev–Trinajstić information content (AvgIpc) is 2.35. The number of hydrogen-bond acceptors (Lipinski definition) is 6.